The van der Waals surface area contributed by atoms with Crippen LogP contribution in [0, 0.1) is 6.92 Å². The van der Waals surface area contributed by atoms with E-state index in [0.29, 0.717) is 11.3 Å². The van der Waals surface area contributed by atoms with Crippen molar-refractivity contribution < 1.29 is 31.8 Å². The molecule has 0 spiro atoms. The molecule has 180 valence electrons. The predicted octanol–water partition coefficient (Wildman–Crippen LogP) is 4.78. The van der Waals surface area contributed by atoms with Gasteiger partial charge in [-0.1, -0.05) is 30.3 Å². The molecule has 0 radical (unpaired) electrons. The summed E-state index contributed by atoms with van der Waals surface area (Å²) in [6.45, 7) is 2.44. The van der Waals surface area contributed by atoms with Crippen molar-refractivity contribution in [2.24, 2.45) is 0 Å². The van der Waals surface area contributed by atoms with Crippen LogP contribution in [-0.4, -0.2) is 51.4 Å². The van der Waals surface area contributed by atoms with Crippen LogP contribution in [-0.2, 0) is 17.3 Å². The molecule has 1 aromatic heterocycles. The van der Waals surface area contributed by atoms with Crippen molar-refractivity contribution >= 4 is 19.1 Å². The number of nitrogens with zero attached hydrogens (tertiary/aromatic N) is 4. The second kappa shape index (κ2) is 9.23. The van der Waals surface area contributed by atoms with E-state index in [0.717, 1.165) is 11.1 Å². The third-order valence-corrected chi connectivity index (χ3v) is 7.35. The first-order valence-electron chi connectivity index (χ1n) is 10.5. The molecule has 1 fully saturated rings. The highest BCUT2D eigenvalue weighted by Crippen LogP contribution is 2.42. The monoisotopic (exact) mass is 494 g/mol. The quantitative estimate of drug-likeness (QED) is 0.525. The van der Waals surface area contributed by atoms with Gasteiger partial charge >= 0.3 is 18.1 Å². The maximum Gasteiger partial charge on any atom is 0.470 e. The Bertz CT molecular complexity index is 1220. The summed E-state index contributed by atoms with van der Waals surface area (Å²) in [6.07, 6.45) is -4.61. The molecule has 34 heavy (non-hydrogen) atoms. The summed E-state index contributed by atoms with van der Waals surface area (Å²) in [7, 11) is -3.19. The molecule has 0 atom stereocenters. The van der Waals surface area contributed by atoms with Gasteiger partial charge < -0.3 is 14.2 Å². The number of aromatic nitrogens is 2. The van der Waals surface area contributed by atoms with E-state index in [4.69, 9.17) is 4.42 Å². The molecule has 0 bridgehead atoms. The lowest BCUT2D eigenvalue weighted by Crippen LogP contribution is -2.47. The van der Waals surface area contributed by atoms with E-state index in [1.807, 2.05) is 31.2 Å². The second-order valence-corrected chi connectivity index (χ2v) is 10.6. The van der Waals surface area contributed by atoms with Gasteiger partial charge in [-0.2, -0.15) is 13.2 Å². The number of urea groups is 1. The van der Waals surface area contributed by atoms with E-state index < -0.39 is 19.4 Å². The average Bonchev–Trinajstić information content (AvgIpc) is 3.29. The summed E-state index contributed by atoms with van der Waals surface area (Å²) in [6, 6.07) is 13.5. The number of alkyl halides is 3. The van der Waals surface area contributed by atoms with Crippen LogP contribution >= 0.6 is 7.37 Å². The Morgan fingerprint density at radius 3 is 2.35 bits per heavy atom. The van der Waals surface area contributed by atoms with Crippen LogP contribution in [0.2, 0.25) is 0 Å². The zero-order chi connectivity index (χ0) is 24.5. The summed E-state index contributed by atoms with van der Waals surface area (Å²) in [5.41, 5.74) is 2.61. The molecule has 8 nitrogen and oxygen atoms in total. The molecule has 4 rings (SSSR count). The van der Waals surface area contributed by atoms with Gasteiger partial charge in [0, 0.05) is 36.7 Å². The van der Waals surface area contributed by atoms with Crippen molar-refractivity contribution in [1.82, 2.24) is 15.1 Å². The minimum atomic E-state index is -4.72. The summed E-state index contributed by atoms with van der Waals surface area (Å²) >= 11 is 0. The molecule has 1 N–H and O–H groups in total. The Kier molecular flexibility index (Phi) is 6.51. The van der Waals surface area contributed by atoms with E-state index >= 15 is 0 Å². The van der Waals surface area contributed by atoms with Crippen molar-refractivity contribution in [2.75, 3.05) is 30.3 Å². The third-order valence-electron chi connectivity index (χ3n) is 5.56. The molecular formula is C22H22F3N4O4P. The van der Waals surface area contributed by atoms with Crippen LogP contribution in [0.4, 0.5) is 23.7 Å². The Morgan fingerprint density at radius 1 is 1.12 bits per heavy atom. The average molecular weight is 494 g/mol. The first-order valence-corrected chi connectivity index (χ1v) is 12.5. The van der Waals surface area contributed by atoms with Crippen molar-refractivity contribution in [3.8, 4) is 11.5 Å². The number of carbonyl (C=O) groups excluding carboxylic acids is 1. The van der Waals surface area contributed by atoms with Crippen LogP contribution in [0.3, 0.4) is 0 Å². The standard InChI is InChI=1S/C22H22F3N4O4P/c1-15-4-2-3-5-18(15)29(21(30)28-10-12-34(31,32)13-11-28)14-16-6-8-17(9-7-16)19-26-27-20(33-19)22(23,24)25/h2-9H,10-14H2,1H3,(H,31,32). The topological polar surface area (TPSA) is 99.8 Å². The van der Waals surface area contributed by atoms with Gasteiger partial charge in [-0.3, -0.25) is 9.46 Å². The number of halogens is 3. The molecule has 2 aromatic carbocycles. The highest BCUT2D eigenvalue weighted by molar-refractivity contribution is 7.58. The molecule has 1 aliphatic heterocycles. The molecule has 1 saturated heterocycles. The molecule has 1 aliphatic rings. The minimum Gasteiger partial charge on any atom is -0.413 e. The first-order chi connectivity index (χ1) is 16.0. The number of para-hydroxylation sites is 1. The zero-order valence-electron chi connectivity index (χ0n) is 18.2. The maximum atomic E-state index is 13.4. The molecule has 0 aliphatic carbocycles. The fraction of sp³-hybridized carbons (Fsp3) is 0.318. The number of anilines is 1. The lowest BCUT2D eigenvalue weighted by Gasteiger charge is -2.35. The largest absolute Gasteiger partial charge is 0.470 e. The van der Waals surface area contributed by atoms with Gasteiger partial charge in [0.15, 0.2) is 0 Å². The number of hydrogen-bond acceptors (Lipinski definition) is 5. The van der Waals surface area contributed by atoms with Gasteiger partial charge in [0.25, 0.3) is 0 Å². The van der Waals surface area contributed by atoms with E-state index in [1.165, 1.54) is 0 Å². The smallest absolute Gasteiger partial charge is 0.413 e. The fourth-order valence-corrected chi connectivity index (χ4v) is 4.98. The van der Waals surface area contributed by atoms with Crippen molar-refractivity contribution in [3.63, 3.8) is 0 Å². The molecular weight excluding hydrogens is 472 g/mol. The van der Waals surface area contributed by atoms with Gasteiger partial charge in [-0.15, -0.1) is 10.2 Å². The molecule has 2 amide bonds. The van der Waals surface area contributed by atoms with Crippen molar-refractivity contribution in [2.45, 2.75) is 19.6 Å². The Balaban J connectivity index is 1.57. The van der Waals surface area contributed by atoms with Gasteiger partial charge in [0.1, 0.15) is 0 Å². The number of carbonyl (C=O) groups is 1. The van der Waals surface area contributed by atoms with Crippen LogP contribution in [0.15, 0.2) is 52.9 Å². The summed E-state index contributed by atoms with van der Waals surface area (Å²) < 4.78 is 54.8. The summed E-state index contributed by atoms with van der Waals surface area (Å²) in [4.78, 5) is 26.3. The number of rotatable bonds is 4. The van der Waals surface area contributed by atoms with Crippen molar-refractivity contribution in [3.05, 3.63) is 65.5 Å². The Morgan fingerprint density at radius 2 is 1.76 bits per heavy atom. The maximum absolute atomic E-state index is 13.4. The highest BCUT2D eigenvalue weighted by Gasteiger charge is 2.38. The predicted molar refractivity (Wildman–Crippen MR) is 119 cm³/mol. The van der Waals surface area contributed by atoms with Gasteiger partial charge in [0.2, 0.25) is 13.3 Å². The van der Waals surface area contributed by atoms with Crippen LogP contribution in [0.5, 0.6) is 0 Å². The zero-order valence-corrected chi connectivity index (χ0v) is 19.1. The summed E-state index contributed by atoms with van der Waals surface area (Å²) in [5.74, 6) is -1.68. The fourth-order valence-electron chi connectivity index (χ4n) is 3.65. The third kappa shape index (κ3) is 5.31. The van der Waals surface area contributed by atoms with E-state index in [9.17, 15) is 27.4 Å². The molecule has 12 heteroatoms. The normalized spacial score (nSPS) is 15.9. The number of amides is 2. The van der Waals surface area contributed by atoms with Gasteiger partial charge in [-0.05, 0) is 36.2 Å². The highest BCUT2D eigenvalue weighted by atomic mass is 31.2. The molecule has 0 saturated carbocycles. The second-order valence-electron chi connectivity index (χ2n) is 8.04. The van der Waals surface area contributed by atoms with E-state index in [1.54, 1.807) is 34.1 Å². The lowest BCUT2D eigenvalue weighted by molar-refractivity contribution is -0.156. The van der Waals surface area contributed by atoms with Crippen LogP contribution in [0.1, 0.15) is 17.0 Å². The van der Waals surface area contributed by atoms with E-state index in [2.05, 4.69) is 10.2 Å². The Labute approximate surface area is 193 Å². The number of benzene rings is 2. The SMILES string of the molecule is Cc1ccccc1N(Cc1ccc(-c2nnc(C(F)(F)F)o2)cc1)C(=O)N1CCP(=O)(O)CC1. The van der Waals surface area contributed by atoms with Gasteiger partial charge in [-0.25, -0.2) is 4.79 Å². The molecule has 3 aromatic rings. The van der Waals surface area contributed by atoms with E-state index in [-0.39, 0.29) is 43.9 Å². The molecule has 0 unspecified atom stereocenters. The van der Waals surface area contributed by atoms with Crippen molar-refractivity contribution in [1.29, 1.82) is 0 Å². The number of aryl methyl sites for hydroxylation is 1. The molecule has 2 heterocycles. The van der Waals surface area contributed by atoms with Gasteiger partial charge in [0.05, 0.1) is 6.54 Å². The first kappa shape index (κ1) is 24.0. The lowest BCUT2D eigenvalue weighted by atomic mass is 10.1. The minimum absolute atomic E-state index is 0.0547. The number of hydrogen-bond donors (Lipinski definition) is 1. The van der Waals surface area contributed by atoms with Crippen LogP contribution < -0.4 is 4.90 Å². The van der Waals surface area contributed by atoms with Crippen LogP contribution in [0.25, 0.3) is 11.5 Å². The summed E-state index contributed by atoms with van der Waals surface area (Å²) in [5, 5.41) is 6.48. The Hall–Kier alpha value is -3.17.